The van der Waals surface area contributed by atoms with Gasteiger partial charge in [0.1, 0.15) is 5.76 Å². The number of para-hydroxylation sites is 1. The summed E-state index contributed by atoms with van der Waals surface area (Å²) in [5.74, 6) is 1.36. The molecule has 1 amide bonds. The Morgan fingerprint density at radius 1 is 1.07 bits per heavy atom. The molecule has 1 fully saturated rings. The van der Waals surface area contributed by atoms with E-state index in [2.05, 4.69) is 29.2 Å². The lowest BCUT2D eigenvalue weighted by atomic mass is 10.2. The third-order valence-corrected chi connectivity index (χ3v) is 5.07. The van der Waals surface area contributed by atoms with Crippen LogP contribution in [0.15, 0.2) is 65.1 Å². The molecule has 0 unspecified atom stereocenters. The van der Waals surface area contributed by atoms with Gasteiger partial charge in [0.25, 0.3) is 0 Å². The molecular formula is C23H24N2O3. The quantitative estimate of drug-likeness (QED) is 0.636. The van der Waals surface area contributed by atoms with Gasteiger partial charge in [0.2, 0.25) is 5.91 Å². The molecule has 0 radical (unpaired) electrons. The zero-order chi connectivity index (χ0) is 19.3. The number of hydrogen-bond donors (Lipinski definition) is 0. The summed E-state index contributed by atoms with van der Waals surface area (Å²) in [5, 5.41) is 0.959. The predicted octanol–water partition coefficient (Wildman–Crippen LogP) is 3.80. The average Bonchev–Trinajstić information content (AvgIpc) is 3.16. The molecular weight excluding hydrogens is 352 g/mol. The Labute approximate surface area is 164 Å². The molecule has 5 heteroatoms. The molecule has 4 rings (SSSR count). The minimum Gasteiger partial charge on any atom is -0.493 e. The zero-order valence-corrected chi connectivity index (χ0v) is 16.0. The summed E-state index contributed by atoms with van der Waals surface area (Å²) in [6.45, 7) is 4.18. The largest absolute Gasteiger partial charge is 0.493 e. The van der Waals surface area contributed by atoms with Gasteiger partial charge in [0, 0.05) is 44.2 Å². The minimum atomic E-state index is 0.0202. The van der Waals surface area contributed by atoms with Crippen LogP contribution in [-0.2, 0) is 11.3 Å². The van der Waals surface area contributed by atoms with Crippen LogP contribution in [0.25, 0.3) is 17.0 Å². The second-order valence-electron chi connectivity index (χ2n) is 6.95. The second kappa shape index (κ2) is 8.31. The van der Waals surface area contributed by atoms with E-state index in [-0.39, 0.29) is 5.91 Å². The number of piperazine rings is 1. The number of benzene rings is 2. The number of ether oxygens (including phenoxy) is 1. The third kappa shape index (κ3) is 4.10. The van der Waals surface area contributed by atoms with Gasteiger partial charge < -0.3 is 14.1 Å². The minimum absolute atomic E-state index is 0.0202. The lowest BCUT2D eigenvalue weighted by Gasteiger charge is -2.34. The fourth-order valence-electron chi connectivity index (χ4n) is 3.53. The fourth-order valence-corrected chi connectivity index (χ4v) is 3.53. The van der Waals surface area contributed by atoms with E-state index in [1.165, 1.54) is 5.56 Å². The molecule has 0 bridgehead atoms. The number of hydrogen-bond acceptors (Lipinski definition) is 4. The van der Waals surface area contributed by atoms with Gasteiger partial charge in [-0.05, 0) is 23.8 Å². The number of carbonyl (C=O) groups excluding carboxylic acids is 1. The highest BCUT2D eigenvalue weighted by atomic mass is 16.5. The van der Waals surface area contributed by atoms with E-state index in [0.717, 1.165) is 38.1 Å². The van der Waals surface area contributed by atoms with Crippen LogP contribution in [0.2, 0.25) is 0 Å². The SMILES string of the molecule is COc1cccc2cc(/C=C/C(=O)N3CCN(Cc4ccccc4)CC3)oc12. The van der Waals surface area contributed by atoms with Crippen molar-refractivity contribution in [1.29, 1.82) is 0 Å². The van der Waals surface area contributed by atoms with Crippen LogP contribution in [0, 0.1) is 0 Å². The first-order valence-corrected chi connectivity index (χ1v) is 9.53. The van der Waals surface area contributed by atoms with E-state index in [0.29, 0.717) is 17.1 Å². The van der Waals surface area contributed by atoms with E-state index in [4.69, 9.17) is 9.15 Å². The lowest BCUT2D eigenvalue weighted by molar-refractivity contribution is -0.127. The number of fused-ring (bicyclic) bond motifs is 1. The number of methoxy groups -OCH3 is 1. The molecule has 1 aliphatic heterocycles. The molecule has 5 nitrogen and oxygen atoms in total. The van der Waals surface area contributed by atoms with Crippen molar-refractivity contribution < 1.29 is 13.9 Å². The molecule has 2 heterocycles. The monoisotopic (exact) mass is 376 g/mol. The first-order chi connectivity index (χ1) is 13.7. The molecule has 1 aliphatic rings. The molecule has 3 aromatic rings. The van der Waals surface area contributed by atoms with Crippen molar-refractivity contribution >= 4 is 23.0 Å². The van der Waals surface area contributed by atoms with Crippen LogP contribution in [-0.4, -0.2) is 49.0 Å². The fraction of sp³-hybridized carbons (Fsp3) is 0.261. The van der Waals surface area contributed by atoms with Gasteiger partial charge in [-0.3, -0.25) is 9.69 Å². The summed E-state index contributed by atoms with van der Waals surface area (Å²) in [7, 11) is 1.62. The van der Waals surface area contributed by atoms with Crippen LogP contribution in [0.4, 0.5) is 0 Å². The van der Waals surface area contributed by atoms with Crippen molar-refractivity contribution in [1.82, 2.24) is 9.80 Å². The zero-order valence-electron chi connectivity index (χ0n) is 16.0. The Morgan fingerprint density at radius 2 is 1.86 bits per heavy atom. The topological polar surface area (TPSA) is 45.9 Å². The molecule has 1 aromatic heterocycles. The Balaban J connectivity index is 1.34. The van der Waals surface area contributed by atoms with Gasteiger partial charge in [-0.25, -0.2) is 0 Å². The highest BCUT2D eigenvalue weighted by Crippen LogP contribution is 2.28. The van der Waals surface area contributed by atoms with Gasteiger partial charge in [-0.2, -0.15) is 0 Å². The molecule has 2 aromatic carbocycles. The Kier molecular flexibility index (Phi) is 5.44. The molecule has 0 aliphatic carbocycles. The van der Waals surface area contributed by atoms with Gasteiger partial charge in [0.05, 0.1) is 7.11 Å². The summed E-state index contributed by atoms with van der Waals surface area (Å²) in [6.07, 6.45) is 3.33. The molecule has 0 atom stereocenters. The second-order valence-corrected chi connectivity index (χ2v) is 6.95. The maximum atomic E-state index is 12.5. The van der Waals surface area contributed by atoms with E-state index >= 15 is 0 Å². The van der Waals surface area contributed by atoms with Crippen molar-refractivity contribution in [3.8, 4) is 5.75 Å². The van der Waals surface area contributed by atoms with Crippen LogP contribution in [0.5, 0.6) is 5.75 Å². The maximum Gasteiger partial charge on any atom is 0.246 e. The lowest BCUT2D eigenvalue weighted by Crippen LogP contribution is -2.47. The van der Waals surface area contributed by atoms with Crippen molar-refractivity contribution in [3.63, 3.8) is 0 Å². The van der Waals surface area contributed by atoms with E-state index in [1.807, 2.05) is 35.2 Å². The van der Waals surface area contributed by atoms with Gasteiger partial charge in [-0.15, -0.1) is 0 Å². The Morgan fingerprint density at radius 3 is 2.61 bits per heavy atom. The number of carbonyl (C=O) groups is 1. The van der Waals surface area contributed by atoms with Crippen molar-refractivity contribution in [2.75, 3.05) is 33.3 Å². The highest BCUT2D eigenvalue weighted by Gasteiger charge is 2.19. The Bertz CT molecular complexity index is 970. The van der Waals surface area contributed by atoms with Crippen molar-refractivity contribution in [2.24, 2.45) is 0 Å². The smallest absolute Gasteiger partial charge is 0.246 e. The number of rotatable bonds is 5. The first-order valence-electron chi connectivity index (χ1n) is 9.53. The number of furan rings is 1. The third-order valence-electron chi connectivity index (χ3n) is 5.07. The summed E-state index contributed by atoms with van der Waals surface area (Å²) in [5.41, 5.74) is 2.01. The van der Waals surface area contributed by atoms with Crippen molar-refractivity contribution in [3.05, 3.63) is 72.0 Å². The van der Waals surface area contributed by atoms with E-state index in [9.17, 15) is 4.79 Å². The van der Waals surface area contributed by atoms with Crippen LogP contribution in [0.1, 0.15) is 11.3 Å². The maximum absolute atomic E-state index is 12.5. The molecule has 144 valence electrons. The van der Waals surface area contributed by atoms with Crippen LogP contribution in [0.3, 0.4) is 0 Å². The summed E-state index contributed by atoms with van der Waals surface area (Å²) in [4.78, 5) is 16.8. The molecule has 0 spiro atoms. The van der Waals surface area contributed by atoms with Crippen LogP contribution >= 0.6 is 0 Å². The molecule has 0 N–H and O–H groups in total. The first kappa shape index (κ1) is 18.3. The highest BCUT2D eigenvalue weighted by molar-refractivity contribution is 5.92. The summed E-state index contributed by atoms with van der Waals surface area (Å²) in [6, 6.07) is 18.1. The number of amides is 1. The average molecular weight is 376 g/mol. The summed E-state index contributed by atoms with van der Waals surface area (Å²) < 4.78 is 11.1. The molecule has 0 saturated carbocycles. The van der Waals surface area contributed by atoms with Crippen molar-refractivity contribution in [2.45, 2.75) is 6.54 Å². The normalized spacial score (nSPS) is 15.4. The molecule has 1 saturated heterocycles. The van der Waals surface area contributed by atoms with Gasteiger partial charge in [0.15, 0.2) is 11.3 Å². The standard InChI is InChI=1S/C23H24N2O3/c1-27-21-9-5-8-19-16-20(28-23(19)21)10-11-22(26)25-14-12-24(13-15-25)17-18-6-3-2-4-7-18/h2-11,16H,12-15,17H2,1H3/b11-10+. The number of nitrogens with zero attached hydrogens (tertiary/aromatic N) is 2. The Hall–Kier alpha value is -3.05. The van der Waals surface area contributed by atoms with Gasteiger partial charge >= 0.3 is 0 Å². The summed E-state index contributed by atoms with van der Waals surface area (Å²) >= 11 is 0. The van der Waals surface area contributed by atoms with E-state index in [1.54, 1.807) is 19.3 Å². The predicted molar refractivity (Wildman–Crippen MR) is 110 cm³/mol. The van der Waals surface area contributed by atoms with E-state index < -0.39 is 0 Å². The van der Waals surface area contributed by atoms with Crippen LogP contribution < -0.4 is 4.74 Å². The molecule has 28 heavy (non-hydrogen) atoms. The van der Waals surface area contributed by atoms with Gasteiger partial charge in [-0.1, -0.05) is 42.5 Å².